The number of hydrogen-bond acceptors (Lipinski definition) is 5. The molecule has 0 unspecified atom stereocenters. The largest absolute Gasteiger partial charge is 0.318 e. The lowest BCUT2D eigenvalue weighted by Gasteiger charge is -2.25. The van der Waals surface area contributed by atoms with Crippen LogP contribution in [0.4, 0.5) is 0 Å². The van der Waals surface area contributed by atoms with Crippen LogP contribution in [0.25, 0.3) is 0 Å². The molecule has 6 nitrogen and oxygen atoms in total. The number of pyridine rings is 1. The molecule has 2 rings (SSSR count). The monoisotopic (exact) mass is 420 g/mol. The molecule has 0 N–H and O–H groups in total. The first-order valence-electron chi connectivity index (χ1n) is 10.6. The molecule has 1 atom stereocenters. The van der Waals surface area contributed by atoms with Crippen LogP contribution in [0.1, 0.15) is 70.8 Å². The Kier molecular flexibility index (Phi) is 8.83. The summed E-state index contributed by atoms with van der Waals surface area (Å²) in [5, 5.41) is 0.226. The lowest BCUT2D eigenvalue weighted by molar-refractivity contribution is 0.241. The first-order chi connectivity index (χ1) is 13.8. The Morgan fingerprint density at radius 3 is 2.52 bits per heavy atom. The van der Waals surface area contributed by atoms with Crippen LogP contribution in [0.15, 0.2) is 35.7 Å². The zero-order valence-corrected chi connectivity index (χ0v) is 19.3. The molecule has 29 heavy (non-hydrogen) atoms. The van der Waals surface area contributed by atoms with Gasteiger partial charge in [-0.1, -0.05) is 33.3 Å². The fourth-order valence-electron chi connectivity index (χ4n) is 3.34. The van der Waals surface area contributed by atoms with E-state index < -0.39 is 9.84 Å². The Bertz CT molecular complexity index is 847. The fourth-order valence-corrected chi connectivity index (χ4v) is 4.82. The number of aromatic nitrogens is 3. The van der Waals surface area contributed by atoms with Gasteiger partial charge in [0.15, 0.2) is 0 Å². The first kappa shape index (κ1) is 23.5. The lowest BCUT2D eigenvalue weighted by Crippen LogP contribution is -2.25. The molecule has 2 aromatic heterocycles. The number of hydrogen-bond donors (Lipinski definition) is 0. The van der Waals surface area contributed by atoms with Crippen molar-refractivity contribution in [3.8, 4) is 0 Å². The van der Waals surface area contributed by atoms with E-state index in [4.69, 9.17) is 0 Å². The van der Waals surface area contributed by atoms with Crippen LogP contribution in [0.5, 0.6) is 0 Å². The Morgan fingerprint density at radius 1 is 1.14 bits per heavy atom. The average molecular weight is 421 g/mol. The summed E-state index contributed by atoms with van der Waals surface area (Å²) in [6.45, 7) is 9.75. The number of rotatable bonds is 12. The van der Waals surface area contributed by atoms with Crippen molar-refractivity contribution in [3.63, 3.8) is 0 Å². The summed E-state index contributed by atoms with van der Waals surface area (Å²) in [7, 11) is -1.35. The summed E-state index contributed by atoms with van der Waals surface area (Å²) in [4.78, 5) is 11.0. The molecule has 2 aromatic rings. The molecule has 0 bridgehead atoms. The third-order valence-corrected chi connectivity index (χ3v) is 7.01. The topological polar surface area (TPSA) is 68.1 Å². The average Bonchev–Trinajstić information content (AvgIpc) is 3.09. The van der Waals surface area contributed by atoms with Crippen molar-refractivity contribution >= 4 is 9.84 Å². The van der Waals surface area contributed by atoms with Crippen LogP contribution in [-0.4, -0.2) is 40.7 Å². The molecule has 162 valence electrons. The second-order valence-electron chi connectivity index (χ2n) is 8.24. The SMILES string of the molecule is CCCCn1c(CN(C)[C@@H](C)c2ccccn2)cnc1S(=O)(=O)CCCC(C)C. The van der Waals surface area contributed by atoms with Gasteiger partial charge in [-0.15, -0.1) is 0 Å². The van der Waals surface area contributed by atoms with Crippen molar-refractivity contribution in [2.75, 3.05) is 12.8 Å². The molecule has 0 aliphatic heterocycles. The van der Waals surface area contributed by atoms with Crippen molar-refractivity contribution in [3.05, 3.63) is 42.0 Å². The predicted octanol–water partition coefficient (Wildman–Crippen LogP) is 4.48. The maximum absolute atomic E-state index is 12.9. The van der Waals surface area contributed by atoms with E-state index in [-0.39, 0.29) is 17.0 Å². The molecule has 0 aliphatic carbocycles. The van der Waals surface area contributed by atoms with E-state index in [1.165, 1.54) is 0 Å². The molecule has 0 amide bonds. The van der Waals surface area contributed by atoms with E-state index in [0.29, 0.717) is 25.4 Å². The summed E-state index contributed by atoms with van der Waals surface area (Å²) < 4.78 is 27.8. The van der Waals surface area contributed by atoms with E-state index >= 15 is 0 Å². The lowest BCUT2D eigenvalue weighted by atomic mass is 10.1. The second-order valence-corrected chi connectivity index (χ2v) is 10.2. The van der Waals surface area contributed by atoms with Crippen molar-refractivity contribution in [1.29, 1.82) is 0 Å². The maximum atomic E-state index is 12.9. The third kappa shape index (κ3) is 6.64. The molecular formula is C22H36N4O2S. The van der Waals surface area contributed by atoms with Crippen molar-refractivity contribution in [2.24, 2.45) is 5.92 Å². The highest BCUT2D eigenvalue weighted by molar-refractivity contribution is 7.91. The highest BCUT2D eigenvalue weighted by atomic mass is 32.2. The Labute approximate surface area is 176 Å². The number of sulfone groups is 1. The molecule has 7 heteroatoms. The molecule has 0 spiro atoms. The van der Waals surface area contributed by atoms with Gasteiger partial charge in [0.1, 0.15) is 0 Å². The zero-order chi connectivity index (χ0) is 21.4. The Morgan fingerprint density at radius 2 is 1.90 bits per heavy atom. The molecule has 0 fully saturated rings. The van der Waals surface area contributed by atoms with Crippen LogP contribution >= 0.6 is 0 Å². The van der Waals surface area contributed by atoms with Gasteiger partial charge in [-0.25, -0.2) is 13.4 Å². The molecule has 0 radical (unpaired) electrons. The van der Waals surface area contributed by atoms with Gasteiger partial charge in [0.05, 0.1) is 23.3 Å². The van der Waals surface area contributed by atoms with E-state index in [9.17, 15) is 8.42 Å². The zero-order valence-electron chi connectivity index (χ0n) is 18.5. The van der Waals surface area contributed by atoms with E-state index in [2.05, 4.69) is 42.6 Å². The van der Waals surface area contributed by atoms with Crippen molar-refractivity contribution in [1.82, 2.24) is 19.4 Å². The minimum atomic E-state index is -3.38. The van der Waals surface area contributed by atoms with Gasteiger partial charge in [0, 0.05) is 25.3 Å². The summed E-state index contributed by atoms with van der Waals surface area (Å²) in [6, 6.07) is 6.03. The summed E-state index contributed by atoms with van der Waals surface area (Å²) in [5.41, 5.74) is 1.93. The highest BCUT2D eigenvalue weighted by Gasteiger charge is 2.24. The van der Waals surface area contributed by atoms with Gasteiger partial charge in [-0.05, 0) is 51.3 Å². The van der Waals surface area contributed by atoms with Crippen molar-refractivity contribution in [2.45, 2.75) is 77.7 Å². The summed E-state index contributed by atoms with van der Waals surface area (Å²) in [5.74, 6) is 0.663. The maximum Gasteiger partial charge on any atom is 0.227 e. The van der Waals surface area contributed by atoms with Gasteiger partial charge < -0.3 is 4.57 Å². The van der Waals surface area contributed by atoms with Crippen LogP contribution < -0.4 is 0 Å². The quantitative estimate of drug-likeness (QED) is 0.506. The van der Waals surface area contributed by atoms with E-state index in [1.807, 2.05) is 29.8 Å². The highest BCUT2D eigenvalue weighted by Crippen LogP contribution is 2.22. The van der Waals surface area contributed by atoms with Crippen LogP contribution in [0, 0.1) is 5.92 Å². The molecule has 0 aromatic carbocycles. The normalized spacial score (nSPS) is 13.3. The third-order valence-electron chi connectivity index (χ3n) is 5.30. The van der Waals surface area contributed by atoms with E-state index in [0.717, 1.165) is 30.7 Å². The molecule has 0 saturated carbocycles. The molecular weight excluding hydrogens is 384 g/mol. The molecule has 0 aliphatic rings. The van der Waals surface area contributed by atoms with Crippen LogP contribution in [-0.2, 0) is 22.9 Å². The molecule has 0 saturated heterocycles. The first-order valence-corrected chi connectivity index (χ1v) is 12.3. The summed E-state index contributed by atoms with van der Waals surface area (Å²) in [6.07, 6.45) is 7.04. The Balaban J connectivity index is 2.21. The van der Waals surface area contributed by atoms with Gasteiger partial charge in [0.2, 0.25) is 15.0 Å². The minimum Gasteiger partial charge on any atom is -0.318 e. The Hall–Kier alpha value is -1.73. The van der Waals surface area contributed by atoms with Gasteiger partial charge in [-0.2, -0.15) is 0 Å². The van der Waals surface area contributed by atoms with Gasteiger partial charge >= 0.3 is 0 Å². The number of unbranched alkanes of at least 4 members (excludes halogenated alkanes) is 1. The van der Waals surface area contributed by atoms with Gasteiger partial charge in [0.25, 0.3) is 0 Å². The number of imidazole rings is 1. The predicted molar refractivity (Wildman–Crippen MR) is 117 cm³/mol. The standard InChI is InChI=1S/C22H36N4O2S/c1-6-7-14-26-20(17-25(5)19(4)21-12-8-9-13-23-21)16-24-22(26)29(27,28)15-10-11-18(2)3/h8-9,12-13,16,18-19H,6-7,10-11,14-15,17H2,1-5H3/t19-/m0/s1. The second kappa shape index (κ2) is 10.9. The smallest absolute Gasteiger partial charge is 0.227 e. The fraction of sp³-hybridized carbons (Fsp3) is 0.636. The summed E-state index contributed by atoms with van der Waals surface area (Å²) >= 11 is 0. The molecule has 2 heterocycles. The number of nitrogens with zero attached hydrogens (tertiary/aromatic N) is 4. The minimum absolute atomic E-state index is 0.122. The van der Waals surface area contributed by atoms with Crippen LogP contribution in [0.2, 0.25) is 0 Å². The van der Waals surface area contributed by atoms with E-state index in [1.54, 1.807) is 12.4 Å². The van der Waals surface area contributed by atoms with Crippen molar-refractivity contribution < 1.29 is 8.42 Å². The van der Waals surface area contributed by atoms with Gasteiger partial charge in [-0.3, -0.25) is 9.88 Å². The van der Waals surface area contributed by atoms with Crippen LogP contribution in [0.3, 0.4) is 0 Å².